The Hall–Kier alpha value is -3.12. The van der Waals surface area contributed by atoms with Crippen molar-refractivity contribution in [1.29, 1.82) is 0 Å². The highest BCUT2D eigenvalue weighted by molar-refractivity contribution is 5.91. The summed E-state index contributed by atoms with van der Waals surface area (Å²) in [5.41, 5.74) is 3.61. The number of hydrogen-bond acceptors (Lipinski definition) is 4. The van der Waals surface area contributed by atoms with Gasteiger partial charge in [0.1, 0.15) is 5.60 Å². The van der Waals surface area contributed by atoms with Crippen molar-refractivity contribution in [1.82, 2.24) is 15.1 Å². The van der Waals surface area contributed by atoms with Crippen molar-refractivity contribution in [2.24, 2.45) is 0 Å². The first kappa shape index (κ1) is 28.4. The predicted molar refractivity (Wildman–Crippen MR) is 160 cm³/mol. The first-order valence-electron chi connectivity index (χ1n) is 15.0. The van der Waals surface area contributed by atoms with Crippen molar-refractivity contribution in [3.8, 4) is 0 Å². The highest BCUT2D eigenvalue weighted by Gasteiger charge is 2.48. The molecule has 1 unspecified atom stereocenters. The topological polar surface area (TPSA) is 61.9 Å². The van der Waals surface area contributed by atoms with Crippen LogP contribution in [-0.2, 0) is 14.9 Å². The molecule has 1 saturated carbocycles. The highest BCUT2D eigenvalue weighted by Crippen LogP contribution is 2.53. The number of carbonyl (C=O) groups excluding carboxylic acids is 2. The van der Waals surface area contributed by atoms with E-state index in [-0.39, 0.29) is 23.5 Å². The Morgan fingerprint density at radius 3 is 2.30 bits per heavy atom. The van der Waals surface area contributed by atoms with Crippen molar-refractivity contribution >= 4 is 18.1 Å². The molecule has 3 aliphatic rings. The molecule has 2 aromatic carbocycles. The quantitative estimate of drug-likeness (QED) is 0.439. The fourth-order valence-corrected chi connectivity index (χ4v) is 7.01. The molecule has 0 radical (unpaired) electrons. The van der Waals surface area contributed by atoms with Crippen LogP contribution in [0, 0.1) is 0 Å². The van der Waals surface area contributed by atoms with Gasteiger partial charge in [-0.2, -0.15) is 0 Å². The molecule has 6 nitrogen and oxygen atoms in total. The van der Waals surface area contributed by atoms with Gasteiger partial charge < -0.3 is 15.0 Å². The van der Waals surface area contributed by atoms with E-state index >= 15 is 0 Å². The summed E-state index contributed by atoms with van der Waals surface area (Å²) in [6, 6.07) is 20.0. The van der Waals surface area contributed by atoms with Crippen LogP contribution in [0.15, 0.2) is 60.7 Å². The molecule has 214 valence electrons. The maximum atomic E-state index is 12.7. The summed E-state index contributed by atoms with van der Waals surface area (Å²) in [7, 11) is 2.29. The number of carbonyl (C=O) groups is 2. The van der Waals surface area contributed by atoms with E-state index in [4.69, 9.17) is 4.74 Å². The van der Waals surface area contributed by atoms with Gasteiger partial charge in [0, 0.05) is 42.7 Å². The van der Waals surface area contributed by atoms with Crippen LogP contribution in [0.3, 0.4) is 0 Å². The van der Waals surface area contributed by atoms with Gasteiger partial charge in [-0.25, -0.2) is 4.79 Å². The molecular weight excluding hydrogens is 498 g/mol. The third kappa shape index (κ3) is 6.43. The molecule has 0 bridgehead atoms. The molecule has 6 heteroatoms. The largest absolute Gasteiger partial charge is 0.444 e. The SMILES string of the molecule is CN(C1CCC(NC(=O)/C=C/c2ccccc2)CC1)C1CC2(CCN(C(=O)OC(C)(C)C)CC2)c2ccccc21. The lowest BCUT2D eigenvalue weighted by atomic mass is 9.73. The van der Waals surface area contributed by atoms with E-state index < -0.39 is 5.60 Å². The monoisotopic (exact) mass is 543 g/mol. The number of ether oxygens (including phenoxy) is 1. The Kier molecular flexibility index (Phi) is 8.37. The molecule has 1 heterocycles. The van der Waals surface area contributed by atoms with Gasteiger partial charge in [-0.05, 0) is 95.5 Å². The number of hydrogen-bond donors (Lipinski definition) is 1. The third-order valence-corrected chi connectivity index (χ3v) is 9.18. The van der Waals surface area contributed by atoms with Gasteiger partial charge in [0.2, 0.25) is 5.91 Å². The number of piperidine rings is 1. The molecule has 5 rings (SSSR count). The van der Waals surface area contributed by atoms with Crippen molar-refractivity contribution in [3.63, 3.8) is 0 Å². The standard InChI is InChI=1S/C34H45N3O3/c1-33(2,3)40-32(39)37-22-20-34(21-23-37)24-30(28-12-8-9-13-29(28)34)36(4)27-17-15-26(16-18-27)35-31(38)19-14-25-10-6-5-7-11-25/h5-14,19,26-27,30H,15-18,20-24H2,1-4H3,(H,35,38)/b19-14+. The molecule has 1 saturated heterocycles. The van der Waals surface area contributed by atoms with Gasteiger partial charge in [-0.1, -0.05) is 54.6 Å². The lowest BCUT2D eigenvalue weighted by Gasteiger charge is -2.42. The maximum Gasteiger partial charge on any atom is 0.410 e. The fraction of sp³-hybridized carbons (Fsp3) is 0.529. The Balaban J connectivity index is 1.17. The van der Waals surface area contributed by atoms with E-state index in [2.05, 4.69) is 41.5 Å². The van der Waals surface area contributed by atoms with Crippen molar-refractivity contribution < 1.29 is 14.3 Å². The molecule has 40 heavy (non-hydrogen) atoms. The van der Waals surface area contributed by atoms with Crippen LogP contribution in [0.25, 0.3) is 6.08 Å². The second-order valence-corrected chi connectivity index (χ2v) is 13.0. The van der Waals surface area contributed by atoms with Gasteiger partial charge in [0.05, 0.1) is 0 Å². The first-order chi connectivity index (χ1) is 19.1. The van der Waals surface area contributed by atoms with Crippen LogP contribution in [0.2, 0.25) is 0 Å². The highest BCUT2D eigenvalue weighted by atomic mass is 16.6. The van der Waals surface area contributed by atoms with Crippen molar-refractivity contribution in [2.75, 3.05) is 20.1 Å². The normalized spacial score (nSPS) is 24.3. The van der Waals surface area contributed by atoms with E-state index in [0.29, 0.717) is 12.1 Å². The van der Waals surface area contributed by atoms with Gasteiger partial charge >= 0.3 is 6.09 Å². The number of rotatable bonds is 5. The van der Waals surface area contributed by atoms with Gasteiger partial charge in [0.25, 0.3) is 0 Å². The van der Waals surface area contributed by atoms with Crippen LogP contribution in [-0.4, -0.2) is 59.6 Å². The molecule has 1 atom stereocenters. The molecular formula is C34H45N3O3. The third-order valence-electron chi connectivity index (χ3n) is 9.18. The molecule has 1 aliphatic heterocycles. The Labute approximate surface area is 239 Å². The Morgan fingerprint density at radius 1 is 0.975 bits per heavy atom. The minimum Gasteiger partial charge on any atom is -0.444 e. The Bertz CT molecular complexity index is 1200. The Morgan fingerprint density at radius 2 is 1.62 bits per heavy atom. The minimum atomic E-state index is -0.472. The van der Waals surface area contributed by atoms with E-state index in [1.807, 2.05) is 62.1 Å². The summed E-state index contributed by atoms with van der Waals surface area (Å²) in [4.78, 5) is 29.7. The second-order valence-electron chi connectivity index (χ2n) is 13.0. The van der Waals surface area contributed by atoms with Crippen molar-refractivity contribution in [3.05, 3.63) is 77.4 Å². The van der Waals surface area contributed by atoms with Crippen LogP contribution >= 0.6 is 0 Å². The lowest BCUT2D eigenvalue weighted by molar-refractivity contribution is -0.117. The summed E-state index contributed by atoms with van der Waals surface area (Å²) >= 11 is 0. The smallest absolute Gasteiger partial charge is 0.410 e. The number of amides is 2. The van der Waals surface area contributed by atoms with Gasteiger partial charge in [-0.3, -0.25) is 9.69 Å². The molecule has 2 fully saturated rings. The zero-order valence-electron chi connectivity index (χ0n) is 24.6. The summed E-state index contributed by atoms with van der Waals surface area (Å²) in [6.45, 7) is 7.25. The summed E-state index contributed by atoms with van der Waals surface area (Å²) in [5.74, 6) is -0.00922. The molecule has 0 aromatic heterocycles. The number of nitrogens with one attached hydrogen (secondary N) is 1. The average Bonchev–Trinajstić information content (AvgIpc) is 3.26. The first-order valence-corrected chi connectivity index (χ1v) is 15.0. The number of benzene rings is 2. The number of nitrogens with zero attached hydrogens (tertiary/aromatic N) is 2. The van der Waals surface area contributed by atoms with Gasteiger partial charge in [0.15, 0.2) is 0 Å². The molecule has 1 spiro atoms. The van der Waals surface area contributed by atoms with Crippen molar-refractivity contribution in [2.45, 2.75) is 94.9 Å². The fourth-order valence-electron chi connectivity index (χ4n) is 7.01. The van der Waals surface area contributed by atoms with E-state index in [1.54, 1.807) is 6.08 Å². The molecule has 2 amide bonds. The second kappa shape index (κ2) is 11.8. The zero-order chi connectivity index (χ0) is 28.3. The number of likely N-dealkylation sites (tertiary alicyclic amines) is 1. The van der Waals surface area contributed by atoms with Gasteiger partial charge in [-0.15, -0.1) is 0 Å². The maximum absolute atomic E-state index is 12.7. The van der Waals surface area contributed by atoms with Crippen LogP contribution in [0.4, 0.5) is 4.79 Å². The number of fused-ring (bicyclic) bond motifs is 2. The summed E-state index contributed by atoms with van der Waals surface area (Å²) in [6.07, 6.45) is 10.6. The zero-order valence-corrected chi connectivity index (χ0v) is 24.6. The molecule has 2 aromatic rings. The van der Waals surface area contributed by atoms with E-state index in [9.17, 15) is 9.59 Å². The van der Waals surface area contributed by atoms with Crippen LogP contribution in [0.5, 0.6) is 0 Å². The van der Waals surface area contributed by atoms with E-state index in [1.165, 1.54) is 11.1 Å². The van der Waals surface area contributed by atoms with Crippen LogP contribution < -0.4 is 5.32 Å². The molecule has 1 N–H and O–H groups in total. The minimum absolute atomic E-state index is 0.00922. The van der Waals surface area contributed by atoms with E-state index in [0.717, 1.165) is 63.6 Å². The predicted octanol–water partition coefficient (Wildman–Crippen LogP) is 6.47. The summed E-state index contributed by atoms with van der Waals surface area (Å²) in [5, 5.41) is 3.22. The lowest BCUT2D eigenvalue weighted by Crippen LogP contribution is -2.47. The van der Waals surface area contributed by atoms with Crippen LogP contribution in [0.1, 0.15) is 88.4 Å². The molecule has 2 aliphatic carbocycles. The summed E-state index contributed by atoms with van der Waals surface area (Å²) < 4.78 is 5.65. The average molecular weight is 544 g/mol.